The van der Waals surface area contributed by atoms with Gasteiger partial charge in [0.05, 0.1) is 0 Å². The standard InChI is InChI=1S/C4H5O.Zn/c1-4(2)3-5;/h1H2,2H3;. The van der Waals surface area contributed by atoms with Gasteiger partial charge in [0, 0.05) is 0 Å². The number of carbonyl (C=O) groups is 1. The molecular weight excluding hydrogens is 129 g/mol. The molecule has 0 amide bonds. The average molecular weight is 134 g/mol. The van der Waals surface area contributed by atoms with Crippen molar-refractivity contribution in [1.29, 1.82) is 0 Å². The molecule has 0 aromatic rings. The number of carbonyl (C=O) groups excluding carboxylic acids is 1. The second-order valence-electron chi connectivity index (χ2n) is 1.20. The molecular formula is C4H5OZn. The number of allylic oxidation sites excluding steroid dienone is 1. The SMILES string of the molecule is C=C(C)[C](=O)[Zn]. The Labute approximate surface area is 47.1 Å². The molecule has 1 nitrogen and oxygen atoms in total. The minimum absolute atomic E-state index is 0.190. The van der Waals surface area contributed by atoms with Crippen molar-refractivity contribution in [3.05, 3.63) is 12.2 Å². The van der Waals surface area contributed by atoms with E-state index in [9.17, 15) is 4.79 Å². The van der Waals surface area contributed by atoms with Crippen LogP contribution >= 0.6 is 0 Å². The van der Waals surface area contributed by atoms with Gasteiger partial charge in [0.1, 0.15) is 0 Å². The van der Waals surface area contributed by atoms with E-state index in [2.05, 4.69) is 6.58 Å². The zero-order valence-corrected chi connectivity index (χ0v) is 6.79. The summed E-state index contributed by atoms with van der Waals surface area (Å²) in [6.45, 7) is 5.16. The van der Waals surface area contributed by atoms with Gasteiger partial charge < -0.3 is 0 Å². The fourth-order valence-electron chi connectivity index (χ4n) is 0. The predicted molar refractivity (Wildman–Crippen MR) is 19.8 cm³/mol. The van der Waals surface area contributed by atoms with E-state index in [0.717, 1.165) is 0 Å². The summed E-state index contributed by atoms with van der Waals surface area (Å²) in [4.78, 5) is 10.1. The maximum absolute atomic E-state index is 10.1. The van der Waals surface area contributed by atoms with Crippen LogP contribution in [-0.2, 0) is 23.1 Å². The van der Waals surface area contributed by atoms with E-state index in [1.807, 2.05) is 0 Å². The first-order chi connectivity index (χ1) is 2.64. The molecule has 0 aromatic carbocycles. The van der Waals surface area contributed by atoms with E-state index >= 15 is 0 Å². The first-order valence-corrected chi connectivity index (χ1v) is 3.14. The van der Waals surface area contributed by atoms with E-state index < -0.39 is 0 Å². The Morgan fingerprint density at radius 2 is 2.00 bits per heavy atom. The molecule has 0 bridgehead atoms. The molecule has 0 rings (SSSR count). The van der Waals surface area contributed by atoms with Crippen LogP contribution in [0, 0.1) is 0 Å². The van der Waals surface area contributed by atoms with Crippen molar-refractivity contribution in [3.63, 3.8) is 0 Å². The van der Waals surface area contributed by atoms with Crippen LogP contribution < -0.4 is 0 Å². The summed E-state index contributed by atoms with van der Waals surface area (Å²) in [7, 11) is 0. The van der Waals surface area contributed by atoms with Crippen LogP contribution in [-0.4, -0.2) is 4.38 Å². The molecule has 0 N–H and O–H groups in total. The van der Waals surface area contributed by atoms with E-state index in [1.54, 1.807) is 6.92 Å². The van der Waals surface area contributed by atoms with Crippen molar-refractivity contribution in [2.45, 2.75) is 6.92 Å². The van der Waals surface area contributed by atoms with Crippen molar-refractivity contribution in [2.24, 2.45) is 0 Å². The van der Waals surface area contributed by atoms with Crippen LogP contribution in [0.15, 0.2) is 12.2 Å². The van der Waals surface area contributed by atoms with Gasteiger partial charge in [-0.1, -0.05) is 0 Å². The summed E-state index contributed by atoms with van der Waals surface area (Å²) in [5.41, 5.74) is 0.676. The average Bonchev–Trinajstić information content (AvgIpc) is 1.36. The van der Waals surface area contributed by atoms with Crippen LogP contribution in [0.3, 0.4) is 0 Å². The normalized spacial score (nSPS) is 7.83. The second kappa shape index (κ2) is 2.25. The molecule has 0 aliphatic rings. The summed E-state index contributed by atoms with van der Waals surface area (Å²) >= 11 is 0.704. The van der Waals surface area contributed by atoms with Gasteiger partial charge in [0.2, 0.25) is 0 Å². The van der Waals surface area contributed by atoms with Crippen molar-refractivity contribution in [3.8, 4) is 0 Å². The molecule has 2 heteroatoms. The molecule has 0 aliphatic heterocycles. The zero-order chi connectivity index (χ0) is 5.15. The van der Waals surface area contributed by atoms with Crippen LogP contribution in [0.2, 0.25) is 0 Å². The molecule has 0 spiro atoms. The third-order valence-electron chi connectivity index (χ3n) is 0.476. The van der Waals surface area contributed by atoms with Gasteiger partial charge in [-0.15, -0.1) is 0 Å². The summed E-state index contributed by atoms with van der Waals surface area (Å²) in [5, 5.41) is 0. The van der Waals surface area contributed by atoms with Crippen molar-refractivity contribution < 1.29 is 23.1 Å². The minimum atomic E-state index is 0.190. The molecule has 6 heavy (non-hydrogen) atoms. The van der Waals surface area contributed by atoms with Crippen molar-refractivity contribution >= 4 is 4.38 Å². The van der Waals surface area contributed by atoms with Crippen molar-refractivity contribution in [1.82, 2.24) is 0 Å². The van der Waals surface area contributed by atoms with Gasteiger partial charge in [0.25, 0.3) is 0 Å². The van der Waals surface area contributed by atoms with Gasteiger partial charge in [-0.2, -0.15) is 0 Å². The second-order valence-corrected chi connectivity index (χ2v) is 2.55. The van der Waals surface area contributed by atoms with Gasteiger partial charge >= 0.3 is 46.6 Å². The first-order valence-electron chi connectivity index (χ1n) is 1.66. The third kappa shape index (κ3) is 2.28. The van der Waals surface area contributed by atoms with Gasteiger partial charge in [-0.05, 0) is 0 Å². The molecule has 0 heterocycles. The molecule has 0 fully saturated rings. The molecule has 0 unspecified atom stereocenters. The Kier molecular flexibility index (Phi) is 2.26. The van der Waals surface area contributed by atoms with Crippen LogP contribution in [0.1, 0.15) is 6.92 Å². The Morgan fingerprint density at radius 3 is 2.00 bits per heavy atom. The summed E-state index contributed by atoms with van der Waals surface area (Å²) in [6, 6.07) is 0. The Morgan fingerprint density at radius 1 is 1.83 bits per heavy atom. The fraction of sp³-hybridized carbons (Fsp3) is 0.250. The maximum atomic E-state index is 10.1. The fourth-order valence-corrected chi connectivity index (χ4v) is 0. The zero-order valence-electron chi connectivity index (χ0n) is 3.82. The van der Waals surface area contributed by atoms with Crippen LogP contribution in [0.4, 0.5) is 0 Å². The predicted octanol–water partition coefficient (Wildman–Crippen LogP) is 0.636. The van der Waals surface area contributed by atoms with E-state index in [4.69, 9.17) is 0 Å². The van der Waals surface area contributed by atoms with E-state index in [1.165, 1.54) is 0 Å². The van der Waals surface area contributed by atoms with Gasteiger partial charge in [-0.25, -0.2) is 0 Å². The van der Waals surface area contributed by atoms with Crippen LogP contribution in [0.25, 0.3) is 0 Å². The topological polar surface area (TPSA) is 17.1 Å². The first kappa shape index (κ1) is 6.03. The number of hydrogen-bond acceptors (Lipinski definition) is 1. The summed E-state index contributed by atoms with van der Waals surface area (Å²) in [5.74, 6) is 0. The Hall–Kier alpha value is 0.0334. The molecule has 0 radical (unpaired) electrons. The monoisotopic (exact) mass is 133 g/mol. The Bertz CT molecular complexity index is 73.5. The Balaban J connectivity index is 3.57. The quantitative estimate of drug-likeness (QED) is 0.380. The summed E-state index contributed by atoms with van der Waals surface area (Å²) in [6.07, 6.45) is 0. The summed E-state index contributed by atoms with van der Waals surface area (Å²) < 4.78 is 0.190. The number of rotatable bonds is 1. The van der Waals surface area contributed by atoms with Crippen molar-refractivity contribution in [2.75, 3.05) is 0 Å². The molecule has 0 saturated heterocycles. The molecule has 0 saturated carbocycles. The van der Waals surface area contributed by atoms with E-state index in [0.29, 0.717) is 23.9 Å². The molecule has 29 valence electrons. The van der Waals surface area contributed by atoms with Crippen LogP contribution in [0.5, 0.6) is 0 Å². The van der Waals surface area contributed by atoms with Gasteiger partial charge in [-0.3, -0.25) is 0 Å². The van der Waals surface area contributed by atoms with Gasteiger partial charge in [0.15, 0.2) is 0 Å². The molecule has 0 aliphatic carbocycles. The molecule has 0 aromatic heterocycles. The number of hydrogen-bond donors (Lipinski definition) is 0. The third-order valence-corrected chi connectivity index (χ3v) is 1.74. The van der Waals surface area contributed by atoms with E-state index in [-0.39, 0.29) is 4.38 Å². The molecule has 0 atom stereocenters.